The Kier molecular flexibility index (Phi) is 9.34. The molecular formula is C41H59NO5. The third-order valence-electron chi connectivity index (χ3n) is 14.2. The molecule has 6 rings (SSSR count). The number of benzene rings is 1. The molecule has 0 bridgehead atoms. The summed E-state index contributed by atoms with van der Waals surface area (Å²) >= 11 is 0. The number of carboxylic acid groups (broad SMARTS) is 1. The Morgan fingerprint density at radius 1 is 1.00 bits per heavy atom. The molecule has 8 unspecified atom stereocenters. The molecule has 47 heavy (non-hydrogen) atoms. The van der Waals surface area contributed by atoms with E-state index in [-0.39, 0.29) is 40.7 Å². The molecule has 0 aliphatic heterocycles. The molecule has 0 spiro atoms. The predicted molar refractivity (Wildman–Crippen MR) is 184 cm³/mol. The second-order valence-corrected chi connectivity index (χ2v) is 17.7. The average molecular weight is 646 g/mol. The van der Waals surface area contributed by atoms with Crippen LogP contribution in [0.15, 0.2) is 41.5 Å². The number of fused-ring (bicyclic) bond motifs is 7. The van der Waals surface area contributed by atoms with Crippen molar-refractivity contribution in [2.45, 2.75) is 131 Å². The number of Topliss-reactive ketones (excluding diaryl/α,β-unsaturated/α-hetero) is 1. The smallest absolute Gasteiger partial charge is 0.309 e. The molecule has 8 atom stereocenters. The zero-order valence-electron chi connectivity index (χ0n) is 29.8. The third kappa shape index (κ3) is 6.15. The quantitative estimate of drug-likeness (QED) is 0.196. The Labute approximate surface area is 282 Å². The van der Waals surface area contributed by atoms with Crippen molar-refractivity contribution >= 4 is 17.7 Å². The highest BCUT2D eigenvalue weighted by molar-refractivity contribution is 6.00. The Morgan fingerprint density at radius 3 is 2.43 bits per heavy atom. The Hall–Kier alpha value is -2.47. The normalized spacial score (nSPS) is 36.7. The number of carboxylic acids is 1. The van der Waals surface area contributed by atoms with E-state index >= 15 is 0 Å². The lowest BCUT2D eigenvalue weighted by Crippen LogP contribution is -2.59. The van der Waals surface area contributed by atoms with Gasteiger partial charge in [-0.15, -0.1) is 0 Å². The van der Waals surface area contributed by atoms with Gasteiger partial charge in [-0.25, -0.2) is 0 Å². The van der Waals surface area contributed by atoms with Crippen LogP contribution >= 0.6 is 0 Å². The summed E-state index contributed by atoms with van der Waals surface area (Å²) in [5, 5.41) is 13.2. The summed E-state index contributed by atoms with van der Waals surface area (Å²) in [6, 6.07) is 10.6. The van der Waals surface area contributed by atoms with Gasteiger partial charge in [0.15, 0.2) is 5.78 Å². The minimum Gasteiger partial charge on any atom is -0.481 e. The first-order chi connectivity index (χ1) is 22.2. The van der Waals surface area contributed by atoms with E-state index < -0.39 is 11.4 Å². The number of ether oxygens (including phenoxy) is 1. The van der Waals surface area contributed by atoms with E-state index in [0.29, 0.717) is 35.9 Å². The highest BCUT2D eigenvalue weighted by atomic mass is 16.5. The van der Waals surface area contributed by atoms with Crippen molar-refractivity contribution in [2.24, 2.45) is 51.2 Å². The van der Waals surface area contributed by atoms with Gasteiger partial charge in [0.1, 0.15) is 6.10 Å². The van der Waals surface area contributed by atoms with E-state index in [1.165, 1.54) is 36.8 Å². The van der Waals surface area contributed by atoms with Crippen molar-refractivity contribution < 1.29 is 24.2 Å². The van der Waals surface area contributed by atoms with Crippen LogP contribution in [-0.4, -0.2) is 35.5 Å². The fourth-order valence-electron chi connectivity index (χ4n) is 11.8. The third-order valence-corrected chi connectivity index (χ3v) is 14.2. The van der Waals surface area contributed by atoms with Crippen molar-refractivity contribution in [3.8, 4) is 0 Å². The van der Waals surface area contributed by atoms with E-state index in [4.69, 9.17) is 4.74 Å². The first kappa shape index (κ1) is 34.4. The molecular weight excluding hydrogens is 586 g/mol. The second-order valence-electron chi connectivity index (χ2n) is 17.7. The number of esters is 1. The minimum atomic E-state index is -1.11. The summed E-state index contributed by atoms with van der Waals surface area (Å²) in [6.07, 6.45) is 11.5. The van der Waals surface area contributed by atoms with Gasteiger partial charge in [-0.1, -0.05) is 63.6 Å². The van der Waals surface area contributed by atoms with Crippen LogP contribution < -0.4 is 5.32 Å². The molecule has 1 aromatic carbocycles. The van der Waals surface area contributed by atoms with Crippen LogP contribution in [0.1, 0.15) is 124 Å². The van der Waals surface area contributed by atoms with Crippen LogP contribution in [0.5, 0.6) is 0 Å². The molecule has 258 valence electrons. The molecule has 0 radical (unpaired) electrons. The van der Waals surface area contributed by atoms with Crippen LogP contribution in [0.3, 0.4) is 0 Å². The molecule has 0 amide bonds. The van der Waals surface area contributed by atoms with Gasteiger partial charge in [0.05, 0.1) is 11.8 Å². The minimum absolute atomic E-state index is 0.0168. The van der Waals surface area contributed by atoms with Crippen LogP contribution in [0.25, 0.3) is 0 Å². The zero-order chi connectivity index (χ0) is 33.8. The van der Waals surface area contributed by atoms with E-state index in [9.17, 15) is 19.5 Å². The number of nitrogens with one attached hydrogen (secondary N) is 1. The van der Waals surface area contributed by atoms with Gasteiger partial charge in [0.25, 0.3) is 0 Å². The van der Waals surface area contributed by atoms with Crippen LogP contribution in [-0.2, 0) is 25.7 Å². The first-order valence-electron chi connectivity index (χ1n) is 18.7. The number of allylic oxidation sites excluding steroid dienone is 2. The fraction of sp³-hybridized carbons (Fsp3) is 0.732. The highest BCUT2D eigenvalue weighted by Crippen LogP contribution is 2.71. The van der Waals surface area contributed by atoms with Gasteiger partial charge in [-0.2, -0.15) is 0 Å². The topological polar surface area (TPSA) is 92.7 Å². The van der Waals surface area contributed by atoms with Gasteiger partial charge in [-0.3, -0.25) is 14.4 Å². The maximum atomic E-state index is 13.8. The number of rotatable bonds is 10. The molecule has 0 saturated heterocycles. The van der Waals surface area contributed by atoms with Crippen LogP contribution in [0.2, 0.25) is 0 Å². The Balaban J connectivity index is 1.17. The van der Waals surface area contributed by atoms with Crippen molar-refractivity contribution in [1.82, 2.24) is 5.32 Å². The monoisotopic (exact) mass is 645 g/mol. The van der Waals surface area contributed by atoms with E-state index in [1.807, 2.05) is 0 Å². The molecule has 0 heterocycles. The highest BCUT2D eigenvalue weighted by Gasteiger charge is 2.64. The molecule has 1 aromatic rings. The molecule has 4 fully saturated rings. The van der Waals surface area contributed by atoms with Crippen LogP contribution in [0.4, 0.5) is 0 Å². The number of carbonyl (C=O) groups excluding carboxylic acids is 2. The Bertz CT molecular complexity index is 1400. The SMILES string of the molecule is CC(C)C1=C2C3CCC4C5(C)CCC(OC(=O)CC(C)(C)C(=O)O)CC5CCC4(C)C3CCC2(CCNCc2ccccc2)CC1=O. The molecule has 6 heteroatoms. The second kappa shape index (κ2) is 12.8. The maximum absolute atomic E-state index is 13.8. The summed E-state index contributed by atoms with van der Waals surface area (Å²) in [5.74, 6) is 1.63. The van der Waals surface area contributed by atoms with E-state index in [0.717, 1.165) is 51.6 Å². The molecule has 6 nitrogen and oxygen atoms in total. The van der Waals surface area contributed by atoms with Gasteiger partial charge in [-0.05, 0) is 136 Å². The summed E-state index contributed by atoms with van der Waals surface area (Å²) in [4.78, 5) is 38.1. The molecule has 0 aromatic heterocycles. The summed E-state index contributed by atoms with van der Waals surface area (Å²) in [6.45, 7) is 14.6. The lowest BCUT2D eigenvalue weighted by atomic mass is 9.39. The Morgan fingerprint density at radius 2 is 1.72 bits per heavy atom. The average Bonchev–Trinajstić information content (AvgIpc) is 3.32. The number of hydrogen-bond acceptors (Lipinski definition) is 5. The first-order valence-corrected chi connectivity index (χ1v) is 18.7. The lowest BCUT2D eigenvalue weighted by Gasteiger charge is -2.66. The predicted octanol–water partition coefficient (Wildman–Crippen LogP) is 8.53. The fourth-order valence-corrected chi connectivity index (χ4v) is 11.8. The van der Waals surface area contributed by atoms with Crippen molar-refractivity contribution in [3.63, 3.8) is 0 Å². The largest absolute Gasteiger partial charge is 0.481 e. The van der Waals surface area contributed by atoms with Crippen molar-refractivity contribution in [3.05, 3.63) is 47.0 Å². The molecule has 2 N–H and O–H groups in total. The number of hydrogen-bond donors (Lipinski definition) is 2. The van der Waals surface area contributed by atoms with Crippen molar-refractivity contribution in [2.75, 3.05) is 6.54 Å². The van der Waals surface area contributed by atoms with Crippen molar-refractivity contribution in [1.29, 1.82) is 0 Å². The number of ketones is 1. The van der Waals surface area contributed by atoms with E-state index in [1.54, 1.807) is 19.4 Å². The van der Waals surface area contributed by atoms with E-state index in [2.05, 4.69) is 63.3 Å². The van der Waals surface area contributed by atoms with Gasteiger partial charge >= 0.3 is 11.9 Å². The standard InChI is InChI=1S/C41H59NO5/c1-26(2)35-32(43)23-41(20-21-42-25-27-10-8-7-9-11-27)19-16-31-30(36(35)41)12-13-33-39(5)18-15-29(22-28(39)14-17-40(31,33)6)47-34(44)24-38(3,4)37(45)46/h7-11,26,28-31,33,42H,12-25H2,1-6H3,(H,45,46). The summed E-state index contributed by atoms with van der Waals surface area (Å²) in [7, 11) is 0. The molecule has 5 aliphatic rings. The number of carbonyl (C=O) groups is 3. The van der Waals surface area contributed by atoms with Gasteiger partial charge in [0.2, 0.25) is 0 Å². The maximum Gasteiger partial charge on any atom is 0.309 e. The molecule has 4 saturated carbocycles. The summed E-state index contributed by atoms with van der Waals surface area (Å²) in [5.41, 5.74) is 3.43. The van der Waals surface area contributed by atoms with Gasteiger partial charge in [0, 0.05) is 18.4 Å². The molecule has 5 aliphatic carbocycles. The van der Waals surface area contributed by atoms with Gasteiger partial charge < -0.3 is 15.2 Å². The summed E-state index contributed by atoms with van der Waals surface area (Å²) < 4.78 is 5.94. The lowest BCUT2D eigenvalue weighted by molar-refractivity contribution is -0.178. The number of aliphatic carboxylic acids is 1. The zero-order valence-corrected chi connectivity index (χ0v) is 29.8. The van der Waals surface area contributed by atoms with Crippen LogP contribution in [0, 0.1) is 51.2 Å².